The van der Waals surface area contributed by atoms with Crippen LogP contribution >= 0.6 is 0 Å². The zero-order valence-corrected chi connectivity index (χ0v) is 14.7. The molecule has 0 saturated carbocycles. The summed E-state index contributed by atoms with van der Waals surface area (Å²) in [7, 11) is -3.29. The summed E-state index contributed by atoms with van der Waals surface area (Å²) >= 11 is 0. The highest BCUT2D eigenvalue weighted by Gasteiger charge is 2.34. The van der Waals surface area contributed by atoms with Crippen LogP contribution in [0.1, 0.15) is 68.2 Å². The standard InChI is InChI=1S/C14H32N2O2S/c1-12(2,3)15-11-9-10-14(7,8)16-19(17,18)13(4,5)6/h15-16H,9-11H2,1-8H3. The van der Waals surface area contributed by atoms with Gasteiger partial charge in [0.1, 0.15) is 0 Å². The van der Waals surface area contributed by atoms with Crippen LogP contribution in [0.5, 0.6) is 0 Å². The molecule has 2 N–H and O–H groups in total. The van der Waals surface area contributed by atoms with Crippen molar-refractivity contribution in [1.82, 2.24) is 10.0 Å². The minimum Gasteiger partial charge on any atom is -0.312 e. The molecule has 0 bridgehead atoms. The first-order valence-corrected chi connectivity index (χ1v) is 8.43. The lowest BCUT2D eigenvalue weighted by atomic mass is 9.99. The summed E-state index contributed by atoms with van der Waals surface area (Å²) in [5.74, 6) is 0. The van der Waals surface area contributed by atoms with Crippen LogP contribution in [-0.2, 0) is 10.0 Å². The Kier molecular flexibility index (Phi) is 6.06. The number of sulfonamides is 1. The molecule has 4 nitrogen and oxygen atoms in total. The highest BCUT2D eigenvalue weighted by molar-refractivity contribution is 7.90. The van der Waals surface area contributed by atoms with Crippen molar-refractivity contribution in [1.29, 1.82) is 0 Å². The Hall–Kier alpha value is -0.130. The molecule has 0 fully saturated rings. The van der Waals surface area contributed by atoms with Gasteiger partial charge in [-0.05, 0) is 74.8 Å². The molecule has 0 spiro atoms. The van der Waals surface area contributed by atoms with Gasteiger partial charge in [0.15, 0.2) is 0 Å². The Balaban J connectivity index is 4.35. The van der Waals surface area contributed by atoms with Crippen LogP contribution in [0.25, 0.3) is 0 Å². The smallest absolute Gasteiger partial charge is 0.217 e. The zero-order valence-electron chi connectivity index (χ0n) is 13.8. The predicted molar refractivity (Wildman–Crippen MR) is 82.9 cm³/mol. The van der Waals surface area contributed by atoms with Gasteiger partial charge in [0.2, 0.25) is 10.0 Å². The molecule has 0 rings (SSSR count). The van der Waals surface area contributed by atoms with Gasteiger partial charge in [-0.3, -0.25) is 0 Å². The molecule has 0 aromatic carbocycles. The van der Waals surface area contributed by atoms with Crippen LogP contribution in [0.4, 0.5) is 0 Å². The summed E-state index contributed by atoms with van der Waals surface area (Å²) < 4.78 is 26.3. The molecule has 19 heavy (non-hydrogen) atoms. The SMILES string of the molecule is CC(C)(C)NCCCC(C)(C)NS(=O)(=O)C(C)(C)C. The Morgan fingerprint density at radius 2 is 1.37 bits per heavy atom. The van der Waals surface area contributed by atoms with E-state index in [2.05, 4.69) is 30.8 Å². The monoisotopic (exact) mass is 292 g/mol. The topological polar surface area (TPSA) is 58.2 Å². The minimum atomic E-state index is -3.29. The molecule has 0 atom stereocenters. The average molecular weight is 292 g/mol. The van der Waals surface area contributed by atoms with Gasteiger partial charge in [0.25, 0.3) is 0 Å². The molecule has 0 aromatic rings. The van der Waals surface area contributed by atoms with Crippen LogP contribution in [-0.4, -0.2) is 30.8 Å². The molecule has 0 heterocycles. The van der Waals surface area contributed by atoms with E-state index in [0.717, 1.165) is 19.4 Å². The van der Waals surface area contributed by atoms with E-state index in [0.29, 0.717) is 0 Å². The Labute approximate surface area is 119 Å². The van der Waals surface area contributed by atoms with Gasteiger partial charge in [0, 0.05) is 11.1 Å². The molecule has 0 unspecified atom stereocenters. The second-order valence-electron chi connectivity index (χ2n) is 7.88. The fraction of sp³-hybridized carbons (Fsp3) is 1.00. The Bertz CT molecular complexity index is 373. The molecule has 116 valence electrons. The van der Waals surface area contributed by atoms with Gasteiger partial charge >= 0.3 is 0 Å². The molecule has 0 aromatic heterocycles. The number of rotatable bonds is 6. The second-order valence-corrected chi connectivity index (χ2v) is 10.3. The van der Waals surface area contributed by atoms with Crippen molar-refractivity contribution in [3.63, 3.8) is 0 Å². The van der Waals surface area contributed by atoms with E-state index in [4.69, 9.17) is 0 Å². The first-order chi connectivity index (χ1) is 8.16. The van der Waals surface area contributed by atoms with Crippen molar-refractivity contribution in [2.75, 3.05) is 6.54 Å². The van der Waals surface area contributed by atoms with Gasteiger partial charge < -0.3 is 5.32 Å². The van der Waals surface area contributed by atoms with Crippen LogP contribution in [0.2, 0.25) is 0 Å². The molecule has 0 radical (unpaired) electrons. The van der Waals surface area contributed by atoms with E-state index in [1.807, 2.05) is 13.8 Å². The lowest BCUT2D eigenvalue weighted by Crippen LogP contribution is -2.50. The van der Waals surface area contributed by atoms with Crippen molar-refractivity contribution in [2.45, 2.75) is 84.1 Å². The predicted octanol–water partition coefficient (Wildman–Crippen LogP) is 2.65. The first-order valence-electron chi connectivity index (χ1n) is 6.95. The summed E-state index contributed by atoms with van der Waals surface area (Å²) in [4.78, 5) is 0. The highest BCUT2D eigenvalue weighted by Crippen LogP contribution is 2.19. The summed E-state index contributed by atoms with van der Waals surface area (Å²) in [5.41, 5.74) is -0.305. The van der Waals surface area contributed by atoms with Crippen LogP contribution < -0.4 is 10.0 Å². The van der Waals surface area contributed by atoms with Gasteiger partial charge in [-0.25, -0.2) is 13.1 Å². The maximum Gasteiger partial charge on any atom is 0.217 e. The third-order valence-electron chi connectivity index (χ3n) is 2.85. The summed E-state index contributed by atoms with van der Waals surface area (Å²) in [6, 6.07) is 0. The van der Waals surface area contributed by atoms with Crippen LogP contribution in [0.3, 0.4) is 0 Å². The maximum absolute atomic E-state index is 12.1. The molecule has 0 saturated heterocycles. The van der Waals surface area contributed by atoms with E-state index in [1.54, 1.807) is 20.8 Å². The maximum atomic E-state index is 12.1. The quantitative estimate of drug-likeness (QED) is 0.740. The van der Waals surface area contributed by atoms with Gasteiger partial charge in [-0.15, -0.1) is 0 Å². The third kappa shape index (κ3) is 7.90. The normalized spacial score (nSPS) is 14.7. The second kappa shape index (κ2) is 6.10. The van der Waals surface area contributed by atoms with Crippen molar-refractivity contribution in [3.05, 3.63) is 0 Å². The van der Waals surface area contributed by atoms with E-state index < -0.39 is 20.3 Å². The van der Waals surface area contributed by atoms with Crippen LogP contribution in [0.15, 0.2) is 0 Å². The van der Waals surface area contributed by atoms with E-state index in [-0.39, 0.29) is 5.54 Å². The first kappa shape index (κ1) is 18.9. The number of hydrogen-bond acceptors (Lipinski definition) is 3. The fourth-order valence-corrected chi connectivity index (χ4v) is 2.70. The fourth-order valence-electron chi connectivity index (χ4n) is 1.56. The molecule has 0 amide bonds. The molecule has 5 heteroatoms. The van der Waals surface area contributed by atoms with E-state index in [9.17, 15) is 8.42 Å². The van der Waals surface area contributed by atoms with Crippen molar-refractivity contribution < 1.29 is 8.42 Å². The van der Waals surface area contributed by atoms with E-state index in [1.165, 1.54) is 0 Å². The minimum absolute atomic E-state index is 0.106. The molecular weight excluding hydrogens is 260 g/mol. The summed E-state index contributed by atoms with van der Waals surface area (Å²) in [6.45, 7) is 16.3. The molecule has 0 aliphatic rings. The molecule has 0 aliphatic heterocycles. The van der Waals surface area contributed by atoms with Crippen molar-refractivity contribution in [2.24, 2.45) is 0 Å². The third-order valence-corrected chi connectivity index (χ3v) is 5.28. The Morgan fingerprint density at radius 1 is 0.895 bits per heavy atom. The van der Waals surface area contributed by atoms with Crippen LogP contribution in [0, 0.1) is 0 Å². The lowest BCUT2D eigenvalue weighted by Gasteiger charge is -2.31. The van der Waals surface area contributed by atoms with Gasteiger partial charge in [-0.1, -0.05) is 0 Å². The van der Waals surface area contributed by atoms with Gasteiger partial charge in [-0.2, -0.15) is 0 Å². The highest BCUT2D eigenvalue weighted by atomic mass is 32.2. The Morgan fingerprint density at radius 3 is 1.74 bits per heavy atom. The lowest BCUT2D eigenvalue weighted by molar-refractivity contribution is 0.369. The number of nitrogens with one attached hydrogen (secondary N) is 2. The number of hydrogen-bond donors (Lipinski definition) is 2. The molecule has 0 aliphatic carbocycles. The molecular formula is C14H32N2O2S. The van der Waals surface area contributed by atoms with E-state index >= 15 is 0 Å². The largest absolute Gasteiger partial charge is 0.312 e. The summed E-state index contributed by atoms with van der Waals surface area (Å²) in [6.07, 6.45) is 1.75. The average Bonchev–Trinajstić information content (AvgIpc) is 2.07. The van der Waals surface area contributed by atoms with Crippen molar-refractivity contribution in [3.8, 4) is 0 Å². The van der Waals surface area contributed by atoms with Crippen molar-refractivity contribution >= 4 is 10.0 Å². The summed E-state index contributed by atoms with van der Waals surface area (Å²) in [5, 5.41) is 3.41. The zero-order chi connectivity index (χ0) is 15.5. The van der Waals surface area contributed by atoms with Gasteiger partial charge in [0.05, 0.1) is 4.75 Å².